The fourth-order valence-electron chi connectivity index (χ4n) is 5.61. The topological polar surface area (TPSA) is 135 Å². The highest BCUT2D eigenvalue weighted by atomic mass is 35.5. The molecular weight excluding hydrogens is 580 g/mol. The zero-order valence-corrected chi connectivity index (χ0v) is 23.3. The number of pyridine rings is 1. The summed E-state index contributed by atoms with van der Waals surface area (Å²) in [5, 5.41) is 19.8. The molecule has 2 aromatic carbocycles. The van der Waals surface area contributed by atoms with E-state index in [1.165, 1.54) is 28.1 Å². The lowest BCUT2D eigenvalue weighted by Gasteiger charge is -2.39. The van der Waals surface area contributed by atoms with Gasteiger partial charge >= 0.3 is 0 Å². The van der Waals surface area contributed by atoms with Gasteiger partial charge in [-0.2, -0.15) is 10.4 Å². The van der Waals surface area contributed by atoms with Gasteiger partial charge in [-0.15, -0.1) is 0 Å². The summed E-state index contributed by atoms with van der Waals surface area (Å²) in [4.78, 5) is 48.5. The molecule has 2 N–H and O–H groups in total. The van der Waals surface area contributed by atoms with Crippen LogP contribution in [-0.2, 0) is 14.4 Å². The Balaban J connectivity index is 1.47. The van der Waals surface area contributed by atoms with E-state index in [4.69, 9.17) is 11.6 Å². The molecule has 3 heterocycles. The van der Waals surface area contributed by atoms with E-state index in [-0.39, 0.29) is 40.7 Å². The van der Waals surface area contributed by atoms with Crippen LogP contribution in [0, 0.1) is 11.3 Å². The molecule has 2 aromatic heterocycles. The minimum Gasteiger partial charge on any atom is -0.351 e. The summed E-state index contributed by atoms with van der Waals surface area (Å²) < 4.78 is 27.4. The van der Waals surface area contributed by atoms with Gasteiger partial charge in [0.15, 0.2) is 0 Å². The first-order chi connectivity index (χ1) is 20.6. The van der Waals surface area contributed by atoms with Crippen molar-refractivity contribution in [3.8, 4) is 6.07 Å². The molecule has 218 valence electrons. The zero-order valence-electron chi connectivity index (χ0n) is 22.5. The Morgan fingerprint density at radius 2 is 1.98 bits per heavy atom. The summed E-state index contributed by atoms with van der Waals surface area (Å²) in [5.41, 5.74) is 1.51. The summed E-state index contributed by atoms with van der Waals surface area (Å²) in [7, 11) is 0. The summed E-state index contributed by atoms with van der Waals surface area (Å²) in [6, 6.07) is 13.1. The zero-order chi connectivity index (χ0) is 30.3. The first-order valence-electron chi connectivity index (χ1n) is 13.5. The van der Waals surface area contributed by atoms with Crippen molar-refractivity contribution in [1.29, 1.82) is 5.26 Å². The van der Waals surface area contributed by atoms with Crippen molar-refractivity contribution in [2.45, 2.75) is 49.7 Å². The number of hydrogen-bond donors (Lipinski definition) is 2. The minimum absolute atomic E-state index is 0.0313. The Labute approximate surface area is 249 Å². The van der Waals surface area contributed by atoms with Gasteiger partial charge in [-0.25, -0.2) is 13.8 Å². The Morgan fingerprint density at radius 1 is 1.19 bits per heavy atom. The molecule has 43 heavy (non-hydrogen) atoms. The second-order valence-corrected chi connectivity index (χ2v) is 11.0. The highest BCUT2D eigenvalue weighted by Crippen LogP contribution is 2.40. The molecule has 1 saturated carbocycles. The van der Waals surface area contributed by atoms with Crippen molar-refractivity contribution in [3.05, 3.63) is 83.1 Å². The third-order valence-electron chi connectivity index (χ3n) is 7.70. The molecule has 1 saturated heterocycles. The van der Waals surface area contributed by atoms with Gasteiger partial charge < -0.3 is 5.32 Å². The number of benzene rings is 2. The molecular formula is C30H24ClF2N7O3. The van der Waals surface area contributed by atoms with Crippen molar-refractivity contribution >= 4 is 51.7 Å². The maximum Gasteiger partial charge on any atom is 0.252 e. The van der Waals surface area contributed by atoms with E-state index >= 15 is 0 Å². The van der Waals surface area contributed by atoms with E-state index in [1.54, 1.807) is 48.7 Å². The maximum atomic E-state index is 14.7. The number of hydrogen-bond acceptors (Lipinski definition) is 6. The van der Waals surface area contributed by atoms with Crippen LogP contribution in [0.15, 0.2) is 67.0 Å². The summed E-state index contributed by atoms with van der Waals surface area (Å²) in [6.45, 7) is 0. The molecule has 1 aliphatic heterocycles. The van der Waals surface area contributed by atoms with Crippen LogP contribution in [0.2, 0.25) is 5.02 Å². The SMILES string of the molecule is N#Cc1ccnc(N2C(=O)CCC2C(=O)N(c2ccc3[nH]ncc3c2)C(C(=O)NC2CC(F)(F)C2)c2ccccc2Cl)c1. The van der Waals surface area contributed by atoms with E-state index in [0.29, 0.717) is 16.6 Å². The highest BCUT2D eigenvalue weighted by molar-refractivity contribution is 6.31. The van der Waals surface area contributed by atoms with Gasteiger partial charge in [0.2, 0.25) is 11.8 Å². The van der Waals surface area contributed by atoms with E-state index < -0.39 is 48.7 Å². The Hall–Kier alpha value is -4.89. The number of carbonyl (C=O) groups excluding carboxylic acids is 3. The third kappa shape index (κ3) is 5.39. The number of halogens is 3. The van der Waals surface area contributed by atoms with Gasteiger partial charge in [-0.3, -0.25) is 29.3 Å². The lowest BCUT2D eigenvalue weighted by Crippen LogP contribution is -2.56. The fourth-order valence-corrected chi connectivity index (χ4v) is 5.85. The molecule has 0 spiro atoms. The molecule has 0 bridgehead atoms. The number of nitrogens with zero attached hydrogens (tertiary/aromatic N) is 5. The number of H-pyrrole nitrogens is 1. The molecule has 2 atom stereocenters. The monoisotopic (exact) mass is 603 g/mol. The Kier molecular flexibility index (Phi) is 7.27. The van der Waals surface area contributed by atoms with Crippen LogP contribution in [0.1, 0.15) is 42.9 Å². The van der Waals surface area contributed by atoms with Gasteiger partial charge in [-0.1, -0.05) is 29.8 Å². The second-order valence-electron chi connectivity index (χ2n) is 10.6. The van der Waals surface area contributed by atoms with Gasteiger partial charge in [0.05, 0.1) is 23.3 Å². The maximum absolute atomic E-state index is 14.7. The average Bonchev–Trinajstić information content (AvgIpc) is 3.61. The number of aromatic amines is 1. The second kappa shape index (κ2) is 11.1. The predicted octanol–water partition coefficient (Wildman–Crippen LogP) is 4.67. The smallest absolute Gasteiger partial charge is 0.252 e. The van der Waals surface area contributed by atoms with Crippen LogP contribution in [0.5, 0.6) is 0 Å². The van der Waals surface area contributed by atoms with E-state index in [2.05, 4.69) is 20.5 Å². The summed E-state index contributed by atoms with van der Waals surface area (Å²) in [5.74, 6) is -4.44. The van der Waals surface area contributed by atoms with E-state index in [1.807, 2.05) is 6.07 Å². The highest BCUT2D eigenvalue weighted by Gasteiger charge is 2.48. The molecule has 4 aromatic rings. The van der Waals surface area contributed by atoms with Crippen LogP contribution in [0.4, 0.5) is 20.3 Å². The fraction of sp³-hybridized carbons (Fsp3) is 0.267. The van der Waals surface area contributed by atoms with Crippen molar-refractivity contribution < 1.29 is 23.2 Å². The number of carbonyl (C=O) groups is 3. The molecule has 3 amide bonds. The molecule has 2 fully saturated rings. The number of amides is 3. The van der Waals surface area contributed by atoms with Crippen molar-refractivity contribution in [3.63, 3.8) is 0 Å². The molecule has 10 nitrogen and oxygen atoms in total. The third-order valence-corrected chi connectivity index (χ3v) is 8.04. The Bertz CT molecular complexity index is 1780. The van der Waals surface area contributed by atoms with Crippen molar-refractivity contribution in [2.75, 3.05) is 9.80 Å². The molecule has 2 aliphatic rings. The number of fused-ring (bicyclic) bond motifs is 1. The van der Waals surface area contributed by atoms with Gasteiger partial charge in [-0.05, 0) is 42.8 Å². The van der Waals surface area contributed by atoms with E-state index in [0.717, 1.165) is 0 Å². The first kappa shape index (κ1) is 28.2. The lowest BCUT2D eigenvalue weighted by molar-refractivity contribution is -0.133. The molecule has 0 radical (unpaired) electrons. The quantitative estimate of drug-likeness (QED) is 0.315. The van der Waals surface area contributed by atoms with Crippen LogP contribution >= 0.6 is 11.6 Å². The number of rotatable bonds is 7. The molecule has 2 unspecified atom stereocenters. The van der Waals surface area contributed by atoms with Crippen LogP contribution < -0.4 is 15.1 Å². The molecule has 1 aliphatic carbocycles. The first-order valence-corrected chi connectivity index (χ1v) is 13.9. The van der Waals surface area contributed by atoms with Crippen LogP contribution in [0.3, 0.4) is 0 Å². The van der Waals surface area contributed by atoms with Crippen LogP contribution in [0.25, 0.3) is 10.9 Å². The summed E-state index contributed by atoms with van der Waals surface area (Å²) in [6.07, 6.45) is 2.05. The molecule has 6 rings (SSSR count). The standard InChI is InChI=1S/C30H24ClF2N7O3/c31-22-4-2-1-3-21(22)27(28(42)37-19-13-30(32,33)14-19)39(20-5-6-23-18(12-20)16-36-38-23)29(43)24-7-8-26(41)40(24)25-11-17(15-34)9-10-35-25/h1-6,9-12,16,19,24,27H,7-8,13-14H2,(H,36,38)(H,37,42). The van der Waals surface area contributed by atoms with Gasteiger partial charge in [0.1, 0.15) is 17.9 Å². The van der Waals surface area contributed by atoms with Crippen LogP contribution in [-0.4, -0.2) is 50.9 Å². The summed E-state index contributed by atoms with van der Waals surface area (Å²) >= 11 is 6.59. The number of nitrogens with one attached hydrogen (secondary N) is 2. The Morgan fingerprint density at radius 3 is 2.72 bits per heavy atom. The van der Waals surface area contributed by atoms with Crippen molar-refractivity contribution in [2.24, 2.45) is 0 Å². The number of aromatic nitrogens is 3. The van der Waals surface area contributed by atoms with Gasteiger partial charge in [0, 0.05) is 53.2 Å². The van der Waals surface area contributed by atoms with E-state index in [9.17, 15) is 28.4 Å². The number of alkyl halides is 2. The molecule has 13 heteroatoms. The normalized spacial score (nSPS) is 18.6. The average molecular weight is 604 g/mol. The van der Waals surface area contributed by atoms with Crippen molar-refractivity contribution in [1.82, 2.24) is 20.5 Å². The predicted molar refractivity (Wildman–Crippen MR) is 153 cm³/mol. The van der Waals surface area contributed by atoms with Gasteiger partial charge in [0.25, 0.3) is 11.8 Å². The number of anilines is 2. The largest absolute Gasteiger partial charge is 0.351 e. The lowest BCUT2D eigenvalue weighted by atomic mass is 9.87. The minimum atomic E-state index is -2.88. The number of nitriles is 1.